The lowest BCUT2D eigenvalue weighted by atomic mass is 9.99. The quantitative estimate of drug-likeness (QED) is 0.144. The van der Waals surface area contributed by atoms with E-state index >= 15 is 0 Å². The number of hydrogen-bond acceptors (Lipinski definition) is 6. The van der Waals surface area contributed by atoms with Crippen molar-refractivity contribution in [1.29, 1.82) is 0 Å². The van der Waals surface area contributed by atoms with Crippen LogP contribution in [0.4, 0.5) is 5.95 Å². The molecule has 1 amide bonds. The van der Waals surface area contributed by atoms with E-state index in [1.807, 2.05) is 25.1 Å². The van der Waals surface area contributed by atoms with E-state index in [0.717, 1.165) is 30.3 Å². The van der Waals surface area contributed by atoms with Gasteiger partial charge in [0, 0.05) is 5.56 Å². The number of aliphatic hydroxyl groups excluding tert-OH is 1. The largest absolute Gasteiger partial charge is 0.507 e. The van der Waals surface area contributed by atoms with Crippen molar-refractivity contribution in [3.8, 4) is 5.75 Å². The fourth-order valence-electron chi connectivity index (χ4n) is 4.40. The van der Waals surface area contributed by atoms with Gasteiger partial charge in [0.25, 0.3) is 5.78 Å². The van der Waals surface area contributed by atoms with Crippen molar-refractivity contribution in [2.75, 3.05) is 11.5 Å². The lowest BCUT2D eigenvalue weighted by Crippen LogP contribution is -2.30. The third-order valence-corrected chi connectivity index (χ3v) is 6.25. The van der Waals surface area contributed by atoms with Gasteiger partial charge in [-0.3, -0.25) is 14.5 Å². The van der Waals surface area contributed by atoms with Gasteiger partial charge in [-0.25, -0.2) is 4.98 Å². The number of aromatic nitrogens is 2. The van der Waals surface area contributed by atoms with Crippen LogP contribution < -0.4 is 9.64 Å². The maximum atomic E-state index is 13.2. The van der Waals surface area contributed by atoms with Gasteiger partial charge in [-0.1, -0.05) is 25.8 Å². The maximum Gasteiger partial charge on any atom is 0.302 e. The highest BCUT2D eigenvalue weighted by Gasteiger charge is 2.49. The van der Waals surface area contributed by atoms with Crippen LogP contribution in [0.15, 0.2) is 70.9 Å². The molecule has 2 N–H and O–H groups in total. The van der Waals surface area contributed by atoms with E-state index in [0.29, 0.717) is 29.2 Å². The molecule has 184 valence electrons. The third-order valence-electron chi connectivity index (χ3n) is 6.25. The number of fused-ring (bicyclic) bond motifs is 1. The Balaban J connectivity index is 1.53. The molecule has 8 nitrogen and oxygen atoms in total. The van der Waals surface area contributed by atoms with Crippen LogP contribution in [0.1, 0.15) is 49.1 Å². The van der Waals surface area contributed by atoms with Crippen LogP contribution >= 0.6 is 0 Å². The van der Waals surface area contributed by atoms with Crippen LogP contribution in [0.25, 0.3) is 16.8 Å². The van der Waals surface area contributed by atoms with Crippen LogP contribution in [-0.2, 0) is 9.59 Å². The van der Waals surface area contributed by atoms with E-state index in [2.05, 4.69) is 16.9 Å². The smallest absolute Gasteiger partial charge is 0.302 e. The molecular weight excluding hydrogens is 458 g/mol. The number of aryl methyl sites for hydroxylation is 1. The number of nitrogens with zero attached hydrogens (tertiary/aromatic N) is 2. The first-order valence-corrected chi connectivity index (χ1v) is 12.0. The highest BCUT2D eigenvalue weighted by atomic mass is 16.5. The number of carbonyl (C=O) groups excluding carboxylic acids is 2. The molecule has 0 radical (unpaired) electrons. The molecule has 1 aliphatic rings. The topological polar surface area (TPSA) is 109 Å². The minimum absolute atomic E-state index is 0.0665. The van der Waals surface area contributed by atoms with Crippen LogP contribution in [0.3, 0.4) is 0 Å². The number of carbonyl (C=O) groups is 2. The van der Waals surface area contributed by atoms with Crippen molar-refractivity contribution in [2.24, 2.45) is 0 Å². The third kappa shape index (κ3) is 4.26. The van der Waals surface area contributed by atoms with Gasteiger partial charge < -0.3 is 19.2 Å². The van der Waals surface area contributed by atoms with Gasteiger partial charge in [-0.2, -0.15) is 0 Å². The Morgan fingerprint density at radius 2 is 1.94 bits per heavy atom. The van der Waals surface area contributed by atoms with Crippen molar-refractivity contribution in [2.45, 2.75) is 39.2 Å². The van der Waals surface area contributed by atoms with Crippen molar-refractivity contribution in [3.63, 3.8) is 0 Å². The van der Waals surface area contributed by atoms with E-state index in [1.54, 1.807) is 36.4 Å². The summed E-state index contributed by atoms with van der Waals surface area (Å²) in [7, 11) is 0. The molecular formula is C28H27N3O5. The van der Waals surface area contributed by atoms with Crippen molar-refractivity contribution in [1.82, 2.24) is 9.97 Å². The second-order valence-corrected chi connectivity index (χ2v) is 8.85. The predicted octanol–water partition coefficient (Wildman–Crippen LogP) is 5.66. The van der Waals surface area contributed by atoms with E-state index in [4.69, 9.17) is 9.15 Å². The number of imidazole rings is 1. The molecule has 0 saturated carbocycles. The normalized spacial score (nSPS) is 17.3. The average molecular weight is 486 g/mol. The molecule has 1 unspecified atom stereocenters. The molecule has 36 heavy (non-hydrogen) atoms. The monoisotopic (exact) mass is 485 g/mol. The van der Waals surface area contributed by atoms with Gasteiger partial charge in [0.05, 0.1) is 29.5 Å². The molecule has 4 aromatic rings. The summed E-state index contributed by atoms with van der Waals surface area (Å²) in [6, 6.07) is 14.8. The van der Waals surface area contributed by atoms with Gasteiger partial charge in [0.1, 0.15) is 23.3 Å². The maximum absolute atomic E-state index is 13.2. The van der Waals surface area contributed by atoms with Crippen molar-refractivity contribution < 1.29 is 23.8 Å². The summed E-state index contributed by atoms with van der Waals surface area (Å²) in [6.07, 6.45) is 4.63. The fraction of sp³-hybridized carbons (Fsp3) is 0.250. The molecule has 3 heterocycles. The number of rotatable bonds is 8. The van der Waals surface area contributed by atoms with Crippen molar-refractivity contribution in [3.05, 3.63) is 83.3 Å². The zero-order chi connectivity index (χ0) is 25.2. The van der Waals surface area contributed by atoms with E-state index in [1.165, 1.54) is 11.2 Å². The van der Waals surface area contributed by atoms with E-state index < -0.39 is 17.7 Å². The Hall–Kier alpha value is -4.33. The molecule has 2 aromatic heterocycles. The molecule has 1 aliphatic heterocycles. The predicted molar refractivity (Wildman–Crippen MR) is 136 cm³/mol. The lowest BCUT2D eigenvalue weighted by Gasteiger charge is -2.20. The molecule has 1 saturated heterocycles. The number of aromatic amines is 1. The molecule has 0 aliphatic carbocycles. The highest BCUT2D eigenvalue weighted by Crippen LogP contribution is 2.42. The molecule has 1 fully saturated rings. The minimum Gasteiger partial charge on any atom is -0.507 e. The Kier molecular flexibility index (Phi) is 6.33. The average Bonchev–Trinajstić information content (AvgIpc) is 3.60. The van der Waals surface area contributed by atoms with Gasteiger partial charge in [0.15, 0.2) is 0 Å². The summed E-state index contributed by atoms with van der Waals surface area (Å²) >= 11 is 0. The number of unbranched alkanes of at least 4 members (excludes halogenated alkanes) is 2. The SMILES string of the molecule is CCCCCOc1ccc(/C(O)=C2\C(=O)C(=O)N(c3nc4ccc(C)cc4[nH]3)C2c2ccco2)cc1. The summed E-state index contributed by atoms with van der Waals surface area (Å²) in [5.74, 6) is -0.697. The number of aliphatic hydroxyl groups is 1. The van der Waals surface area contributed by atoms with E-state index in [-0.39, 0.29) is 17.3 Å². The highest BCUT2D eigenvalue weighted by molar-refractivity contribution is 6.51. The number of amides is 1. The Bertz CT molecular complexity index is 1430. The summed E-state index contributed by atoms with van der Waals surface area (Å²) in [5, 5.41) is 11.2. The number of nitrogens with one attached hydrogen (secondary N) is 1. The first kappa shape index (κ1) is 23.4. The first-order valence-electron chi connectivity index (χ1n) is 12.0. The summed E-state index contributed by atoms with van der Waals surface area (Å²) in [5.41, 5.74) is 2.75. The second-order valence-electron chi connectivity index (χ2n) is 8.85. The molecule has 5 rings (SSSR count). The number of anilines is 1. The lowest BCUT2D eigenvalue weighted by molar-refractivity contribution is -0.132. The van der Waals surface area contributed by atoms with Crippen LogP contribution in [0, 0.1) is 6.92 Å². The van der Waals surface area contributed by atoms with Gasteiger partial charge in [-0.15, -0.1) is 0 Å². The molecule has 0 bridgehead atoms. The number of furan rings is 1. The molecule has 0 spiro atoms. The fourth-order valence-corrected chi connectivity index (χ4v) is 4.40. The molecule has 8 heteroatoms. The van der Waals surface area contributed by atoms with Crippen LogP contribution in [0.2, 0.25) is 0 Å². The number of H-pyrrole nitrogens is 1. The zero-order valence-corrected chi connectivity index (χ0v) is 20.2. The van der Waals surface area contributed by atoms with E-state index in [9.17, 15) is 14.7 Å². The molecule has 1 atom stereocenters. The number of ether oxygens (including phenoxy) is 1. The number of benzene rings is 2. The zero-order valence-electron chi connectivity index (χ0n) is 20.2. The number of Topliss-reactive ketones (excluding diaryl/α,β-unsaturated/α-hetero) is 1. The Morgan fingerprint density at radius 3 is 2.67 bits per heavy atom. The number of ketones is 1. The summed E-state index contributed by atoms with van der Waals surface area (Å²) in [6.45, 7) is 4.70. The Morgan fingerprint density at radius 1 is 1.14 bits per heavy atom. The molecule has 2 aromatic carbocycles. The van der Waals surface area contributed by atoms with Crippen LogP contribution in [0.5, 0.6) is 5.75 Å². The summed E-state index contributed by atoms with van der Waals surface area (Å²) < 4.78 is 11.3. The van der Waals surface area contributed by atoms with Gasteiger partial charge in [-0.05, 0) is 67.4 Å². The number of hydrogen-bond donors (Lipinski definition) is 2. The second kappa shape index (κ2) is 9.73. The van der Waals surface area contributed by atoms with Gasteiger partial charge in [0.2, 0.25) is 5.95 Å². The summed E-state index contributed by atoms with van der Waals surface area (Å²) in [4.78, 5) is 35.4. The Labute approximate surface area is 208 Å². The minimum atomic E-state index is -0.980. The standard InChI is InChI=1S/C28H27N3O5/c1-3-4-5-14-35-19-11-9-18(10-12-19)25(32)23-24(22-7-6-15-36-22)31(27(34)26(23)33)28-29-20-13-8-17(2)16-21(20)30-28/h6-13,15-16,24,32H,3-5,14H2,1-2H3,(H,29,30)/b25-23+. The van der Waals surface area contributed by atoms with Gasteiger partial charge >= 0.3 is 5.91 Å². The van der Waals surface area contributed by atoms with Crippen molar-refractivity contribution >= 4 is 34.4 Å². The first-order chi connectivity index (χ1) is 17.5. The van der Waals surface area contributed by atoms with Crippen LogP contribution in [-0.4, -0.2) is 33.4 Å².